The summed E-state index contributed by atoms with van der Waals surface area (Å²) in [5, 5.41) is 18.6. The molecule has 0 bridgehead atoms. The minimum absolute atomic E-state index is 0.0644. The highest BCUT2D eigenvalue weighted by Crippen LogP contribution is 2.24. The molecule has 1 rings (SSSR count). The number of benzene rings is 1. The molecule has 1 aromatic carbocycles. The molecule has 0 aliphatic heterocycles. The monoisotopic (exact) mass is 316 g/mol. The summed E-state index contributed by atoms with van der Waals surface area (Å²) in [5.74, 6) is -1.03. The Morgan fingerprint density at radius 2 is 2.11 bits per heavy atom. The molecule has 0 heterocycles. The minimum atomic E-state index is -1.67. The summed E-state index contributed by atoms with van der Waals surface area (Å²) in [5.41, 5.74) is 0.659. The Hall–Kier alpha value is -1.40. The zero-order valence-electron chi connectivity index (χ0n) is 9.72. The van der Waals surface area contributed by atoms with Gasteiger partial charge in [0.1, 0.15) is 11.5 Å². The summed E-state index contributed by atoms with van der Waals surface area (Å²) in [6.07, 6.45) is -1.60. The number of Topliss-reactive ketones (excluding diaryl/α,β-unsaturated/α-hetero) is 1. The van der Waals surface area contributed by atoms with Crippen LogP contribution in [0.25, 0.3) is 0 Å². The third-order valence-corrected chi connectivity index (χ3v) is 3.04. The van der Waals surface area contributed by atoms with Crippen LogP contribution in [0.5, 0.6) is 5.75 Å². The first-order chi connectivity index (χ1) is 8.49. The fourth-order valence-corrected chi connectivity index (χ4v) is 1.71. The lowest BCUT2D eigenvalue weighted by Crippen LogP contribution is -2.15. The maximum Gasteiger partial charge on any atom is 0.337 e. The number of ketones is 1. The number of carboxylic acid groups (broad SMARTS) is 1. The highest BCUT2D eigenvalue weighted by atomic mass is 79.9. The Morgan fingerprint density at radius 3 is 2.61 bits per heavy atom. The van der Waals surface area contributed by atoms with E-state index in [4.69, 9.17) is 9.84 Å². The van der Waals surface area contributed by atoms with Crippen LogP contribution in [0, 0.1) is 0 Å². The second kappa shape index (κ2) is 6.51. The van der Waals surface area contributed by atoms with E-state index in [0.29, 0.717) is 11.3 Å². The molecule has 98 valence electrons. The van der Waals surface area contributed by atoms with E-state index < -0.39 is 12.1 Å². The number of aliphatic carboxylic acids is 1. The summed E-state index contributed by atoms with van der Waals surface area (Å²) in [7, 11) is 1.44. The van der Waals surface area contributed by atoms with Gasteiger partial charge in [0.25, 0.3) is 0 Å². The maximum absolute atomic E-state index is 11.4. The summed E-state index contributed by atoms with van der Waals surface area (Å²) in [6, 6.07) is 4.63. The number of aliphatic hydroxyl groups is 1. The summed E-state index contributed by atoms with van der Waals surface area (Å²) in [4.78, 5) is 22.2. The number of halogens is 1. The Bertz CT molecular complexity index is 458. The number of rotatable bonds is 6. The van der Waals surface area contributed by atoms with Crippen molar-refractivity contribution in [1.29, 1.82) is 0 Å². The van der Waals surface area contributed by atoms with Crippen LogP contribution in [0.1, 0.15) is 17.2 Å². The first-order valence-electron chi connectivity index (χ1n) is 5.15. The largest absolute Gasteiger partial charge is 0.497 e. The van der Waals surface area contributed by atoms with Gasteiger partial charge in [0, 0.05) is 6.42 Å². The van der Waals surface area contributed by atoms with Crippen molar-refractivity contribution < 1.29 is 24.5 Å². The third kappa shape index (κ3) is 3.54. The molecule has 5 nitrogen and oxygen atoms in total. The number of methoxy groups -OCH3 is 1. The minimum Gasteiger partial charge on any atom is -0.497 e. The highest BCUT2D eigenvalue weighted by molar-refractivity contribution is 9.09. The molecule has 0 aromatic heterocycles. The van der Waals surface area contributed by atoms with Gasteiger partial charge in [-0.15, -0.1) is 0 Å². The molecule has 0 fully saturated rings. The molecule has 1 atom stereocenters. The second-order valence-electron chi connectivity index (χ2n) is 3.65. The molecule has 0 amide bonds. The molecule has 0 spiro atoms. The molecule has 0 saturated heterocycles. The van der Waals surface area contributed by atoms with Crippen LogP contribution in [0.4, 0.5) is 0 Å². The predicted octanol–water partition coefficient (Wildman–Crippen LogP) is 1.32. The molecule has 18 heavy (non-hydrogen) atoms. The number of hydrogen-bond donors (Lipinski definition) is 2. The van der Waals surface area contributed by atoms with Gasteiger partial charge in [-0.1, -0.05) is 22.0 Å². The van der Waals surface area contributed by atoms with Crippen LogP contribution >= 0.6 is 15.9 Å². The average Bonchev–Trinajstić information content (AvgIpc) is 2.38. The zero-order valence-corrected chi connectivity index (χ0v) is 11.3. The van der Waals surface area contributed by atoms with E-state index in [1.165, 1.54) is 13.2 Å². The molecule has 0 aliphatic rings. The normalized spacial score (nSPS) is 11.9. The van der Waals surface area contributed by atoms with Crippen LogP contribution in [0.15, 0.2) is 18.2 Å². The lowest BCUT2D eigenvalue weighted by Gasteiger charge is -2.13. The molecule has 1 unspecified atom stereocenters. The summed E-state index contributed by atoms with van der Waals surface area (Å²) >= 11 is 3.04. The van der Waals surface area contributed by atoms with Gasteiger partial charge in [-0.2, -0.15) is 0 Å². The van der Waals surface area contributed by atoms with E-state index in [1.807, 2.05) is 0 Å². The van der Waals surface area contributed by atoms with E-state index in [1.54, 1.807) is 12.1 Å². The van der Waals surface area contributed by atoms with Crippen LogP contribution in [-0.2, 0) is 16.0 Å². The molecular weight excluding hydrogens is 304 g/mol. The van der Waals surface area contributed by atoms with Crippen molar-refractivity contribution in [3.8, 4) is 5.75 Å². The van der Waals surface area contributed by atoms with Gasteiger partial charge in [0.15, 0.2) is 6.10 Å². The van der Waals surface area contributed by atoms with E-state index in [9.17, 15) is 14.7 Å². The number of aliphatic hydroxyl groups excluding tert-OH is 1. The lowest BCUT2D eigenvalue weighted by molar-refractivity contribution is -0.147. The molecule has 0 saturated carbocycles. The first kappa shape index (κ1) is 14.7. The van der Waals surface area contributed by atoms with Crippen molar-refractivity contribution in [2.75, 3.05) is 12.4 Å². The molecule has 2 N–H and O–H groups in total. The fraction of sp³-hybridized carbons (Fsp3) is 0.333. The van der Waals surface area contributed by atoms with Gasteiger partial charge in [0.05, 0.1) is 12.4 Å². The number of ether oxygens (including phenoxy) is 1. The van der Waals surface area contributed by atoms with E-state index >= 15 is 0 Å². The van der Waals surface area contributed by atoms with Gasteiger partial charge >= 0.3 is 5.97 Å². The van der Waals surface area contributed by atoms with Crippen LogP contribution < -0.4 is 4.74 Å². The van der Waals surface area contributed by atoms with Crippen molar-refractivity contribution >= 4 is 27.7 Å². The van der Waals surface area contributed by atoms with Crippen LogP contribution in [-0.4, -0.2) is 34.4 Å². The highest BCUT2D eigenvalue weighted by Gasteiger charge is 2.21. The second-order valence-corrected chi connectivity index (χ2v) is 4.22. The van der Waals surface area contributed by atoms with Gasteiger partial charge in [-0.3, -0.25) is 4.79 Å². The van der Waals surface area contributed by atoms with Crippen LogP contribution in [0.3, 0.4) is 0 Å². The van der Waals surface area contributed by atoms with Crippen molar-refractivity contribution in [2.45, 2.75) is 12.5 Å². The number of hydrogen-bond acceptors (Lipinski definition) is 4. The first-order valence-corrected chi connectivity index (χ1v) is 6.27. The SMILES string of the molecule is COc1ccc(CC(=O)CBr)c(C(O)C(=O)O)c1. The third-order valence-electron chi connectivity index (χ3n) is 2.42. The average molecular weight is 317 g/mol. The van der Waals surface area contributed by atoms with E-state index in [0.717, 1.165) is 0 Å². The fourth-order valence-electron chi connectivity index (χ4n) is 1.51. The van der Waals surface area contributed by atoms with Crippen molar-refractivity contribution in [2.24, 2.45) is 0 Å². The van der Waals surface area contributed by atoms with Crippen molar-refractivity contribution in [3.05, 3.63) is 29.3 Å². The standard InChI is InChI=1S/C12H13BrO5/c1-18-9-3-2-7(4-8(14)6-13)10(5-9)11(15)12(16)17/h2-3,5,11,15H,4,6H2,1H3,(H,16,17). The van der Waals surface area contributed by atoms with Crippen molar-refractivity contribution in [3.63, 3.8) is 0 Å². The molecular formula is C12H13BrO5. The maximum atomic E-state index is 11.4. The van der Waals surface area contributed by atoms with Gasteiger partial charge in [-0.05, 0) is 23.3 Å². The lowest BCUT2D eigenvalue weighted by atomic mass is 9.98. The number of carbonyl (C=O) groups is 2. The summed E-state index contributed by atoms with van der Waals surface area (Å²) < 4.78 is 4.97. The van der Waals surface area contributed by atoms with E-state index in [2.05, 4.69) is 15.9 Å². The zero-order chi connectivity index (χ0) is 13.7. The Balaban J connectivity index is 3.15. The van der Waals surface area contributed by atoms with Crippen LogP contribution in [0.2, 0.25) is 0 Å². The predicted molar refractivity (Wildman–Crippen MR) is 68.1 cm³/mol. The van der Waals surface area contributed by atoms with Gasteiger partial charge in [0.2, 0.25) is 0 Å². The van der Waals surface area contributed by atoms with Crippen molar-refractivity contribution in [1.82, 2.24) is 0 Å². The Labute approximate surface area is 113 Å². The number of carbonyl (C=O) groups excluding carboxylic acids is 1. The molecule has 6 heteroatoms. The number of alkyl halides is 1. The topological polar surface area (TPSA) is 83.8 Å². The number of carboxylic acids is 1. The molecule has 0 radical (unpaired) electrons. The molecule has 0 aliphatic carbocycles. The quantitative estimate of drug-likeness (QED) is 0.773. The van der Waals surface area contributed by atoms with Gasteiger partial charge in [-0.25, -0.2) is 4.79 Å². The van der Waals surface area contributed by atoms with Gasteiger partial charge < -0.3 is 14.9 Å². The smallest absolute Gasteiger partial charge is 0.337 e. The Morgan fingerprint density at radius 1 is 1.44 bits per heavy atom. The molecule has 1 aromatic rings. The van der Waals surface area contributed by atoms with E-state index in [-0.39, 0.29) is 23.1 Å². The summed E-state index contributed by atoms with van der Waals surface area (Å²) in [6.45, 7) is 0. The Kier molecular flexibility index (Phi) is 5.30.